The van der Waals surface area contributed by atoms with Crippen molar-refractivity contribution in [1.29, 1.82) is 0 Å². The Morgan fingerprint density at radius 1 is 0.968 bits per heavy atom. The normalized spacial score (nSPS) is 11.4. The van der Waals surface area contributed by atoms with E-state index >= 15 is 0 Å². The zero-order chi connectivity index (χ0) is 22.0. The van der Waals surface area contributed by atoms with Crippen molar-refractivity contribution in [2.24, 2.45) is 0 Å². The maximum absolute atomic E-state index is 13.0. The molecule has 0 atom stereocenters. The number of pyridine rings is 1. The first kappa shape index (κ1) is 20.5. The highest BCUT2D eigenvalue weighted by molar-refractivity contribution is 5.76. The minimum atomic E-state index is -4.39. The highest BCUT2D eigenvalue weighted by Gasteiger charge is 2.30. The third kappa shape index (κ3) is 4.37. The fourth-order valence-corrected chi connectivity index (χ4v) is 3.31. The number of nitrogens with zero attached hydrogens (tertiary/aromatic N) is 3. The molecular formula is C23H20F3N5. The van der Waals surface area contributed by atoms with E-state index in [1.54, 1.807) is 29.3 Å². The molecule has 0 bridgehead atoms. The second-order valence-corrected chi connectivity index (χ2v) is 7.05. The first-order chi connectivity index (χ1) is 14.8. The Labute approximate surface area is 177 Å². The van der Waals surface area contributed by atoms with Crippen molar-refractivity contribution in [2.75, 3.05) is 17.7 Å². The minimum absolute atomic E-state index is 0.361. The van der Waals surface area contributed by atoms with Crippen LogP contribution in [0.5, 0.6) is 0 Å². The molecule has 0 spiro atoms. The average Bonchev–Trinajstić information content (AvgIpc) is 3.24. The number of halogens is 3. The molecular weight excluding hydrogens is 403 g/mol. The van der Waals surface area contributed by atoms with Gasteiger partial charge in [0, 0.05) is 53.8 Å². The third-order valence-electron chi connectivity index (χ3n) is 4.92. The number of nitrogens with one attached hydrogen (secondary N) is 2. The van der Waals surface area contributed by atoms with Crippen molar-refractivity contribution < 1.29 is 13.2 Å². The molecule has 8 heteroatoms. The SMILES string of the molecule is CNc1ccncc1-c1cnn(-c2cc(Nc3cccc(C(F)(F)F)c3)ccc2C)c1. The molecule has 158 valence electrons. The van der Waals surface area contributed by atoms with Gasteiger partial charge in [-0.1, -0.05) is 12.1 Å². The lowest BCUT2D eigenvalue weighted by Crippen LogP contribution is -2.05. The van der Waals surface area contributed by atoms with E-state index in [1.807, 2.05) is 44.4 Å². The lowest BCUT2D eigenvalue weighted by Gasteiger charge is -2.13. The van der Waals surface area contributed by atoms with Crippen molar-refractivity contribution in [2.45, 2.75) is 13.1 Å². The Kier molecular flexibility index (Phi) is 5.37. The van der Waals surface area contributed by atoms with Crippen LogP contribution in [0.25, 0.3) is 16.8 Å². The van der Waals surface area contributed by atoms with Crippen LogP contribution in [-0.2, 0) is 6.18 Å². The standard InChI is InChI=1S/C23H20F3N5/c1-15-6-7-19(30-18-5-3-4-17(10-18)23(24,25)26)11-22(15)31-14-16(12-29-31)20-13-28-9-8-21(20)27-2/h3-14,30H,1-2H3,(H,27,28). The number of benzene rings is 2. The third-order valence-corrected chi connectivity index (χ3v) is 4.92. The molecule has 0 aliphatic carbocycles. The van der Waals surface area contributed by atoms with Crippen LogP contribution in [0.2, 0.25) is 0 Å². The second kappa shape index (κ2) is 8.14. The number of hydrogen-bond donors (Lipinski definition) is 2. The summed E-state index contributed by atoms with van der Waals surface area (Å²) in [6.45, 7) is 1.95. The van der Waals surface area contributed by atoms with E-state index in [0.717, 1.165) is 40.2 Å². The molecule has 2 aromatic heterocycles. The molecule has 0 aliphatic heterocycles. The summed E-state index contributed by atoms with van der Waals surface area (Å²) in [5, 5.41) is 10.7. The van der Waals surface area contributed by atoms with E-state index in [2.05, 4.69) is 20.7 Å². The molecule has 4 rings (SSSR count). The van der Waals surface area contributed by atoms with Crippen molar-refractivity contribution in [1.82, 2.24) is 14.8 Å². The number of hydrogen-bond acceptors (Lipinski definition) is 4. The largest absolute Gasteiger partial charge is 0.416 e. The van der Waals surface area contributed by atoms with Gasteiger partial charge in [-0.05, 0) is 48.9 Å². The minimum Gasteiger partial charge on any atom is -0.388 e. The fourth-order valence-electron chi connectivity index (χ4n) is 3.31. The summed E-state index contributed by atoms with van der Waals surface area (Å²) in [5.41, 5.74) is 4.88. The molecule has 5 nitrogen and oxygen atoms in total. The second-order valence-electron chi connectivity index (χ2n) is 7.05. The van der Waals surface area contributed by atoms with Crippen LogP contribution in [0.4, 0.5) is 30.2 Å². The van der Waals surface area contributed by atoms with E-state index < -0.39 is 11.7 Å². The van der Waals surface area contributed by atoms with Gasteiger partial charge in [-0.3, -0.25) is 4.98 Å². The van der Waals surface area contributed by atoms with Crippen LogP contribution in [0.3, 0.4) is 0 Å². The summed E-state index contributed by atoms with van der Waals surface area (Å²) < 4.78 is 40.7. The van der Waals surface area contributed by atoms with Gasteiger partial charge in [0.05, 0.1) is 17.4 Å². The van der Waals surface area contributed by atoms with Gasteiger partial charge in [0.1, 0.15) is 0 Å². The number of alkyl halides is 3. The van der Waals surface area contributed by atoms with Crippen molar-refractivity contribution >= 4 is 17.1 Å². The maximum atomic E-state index is 13.0. The van der Waals surface area contributed by atoms with Gasteiger partial charge in [-0.25, -0.2) is 4.68 Å². The summed E-state index contributed by atoms with van der Waals surface area (Å²) >= 11 is 0. The van der Waals surface area contributed by atoms with Crippen LogP contribution >= 0.6 is 0 Å². The van der Waals surface area contributed by atoms with Gasteiger partial charge in [-0.2, -0.15) is 18.3 Å². The maximum Gasteiger partial charge on any atom is 0.416 e. The van der Waals surface area contributed by atoms with Crippen molar-refractivity contribution in [3.63, 3.8) is 0 Å². The van der Waals surface area contributed by atoms with Crippen LogP contribution in [0.1, 0.15) is 11.1 Å². The molecule has 0 amide bonds. The van der Waals surface area contributed by atoms with Gasteiger partial charge < -0.3 is 10.6 Å². The Balaban J connectivity index is 1.65. The monoisotopic (exact) mass is 423 g/mol. The molecule has 0 saturated heterocycles. The zero-order valence-corrected chi connectivity index (χ0v) is 16.9. The lowest BCUT2D eigenvalue weighted by molar-refractivity contribution is -0.137. The van der Waals surface area contributed by atoms with E-state index in [-0.39, 0.29) is 0 Å². The molecule has 2 heterocycles. The Bertz CT molecular complexity index is 1210. The van der Waals surface area contributed by atoms with Gasteiger partial charge in [0.2, 0.25) is 0 Å². The first-order valence-electron chi connectivity index (χ1n) is 9.57. The predicted octanol–water partition coefficient (Wildman–Crippen LogP) is 6.05. The molecule has 0 unspecified atom stereocenters. The quantitative estimate of drug-likeness (QED) is 0.411. The van der Waals surface area contributed by atoms with E-state index in [0.29, 0.717) is 11.4 Å². The highest BCUT2D eigenvalue weighted by atomic mass is 19.4. The lowest BCUT2D eigenvalue weighted by atomic mass is 10.1. The Morgan fingerprint density at radius 2 is 1.77 bits per heavy atom. The van der Waals surface area contributed by atoms with Crippen molar-refractivity contribution in [3.05, 3.63) is 84.4 Å². The van der Waals surface area contributed by atoms with Crippen LogP contribution in [0.15, 0.2) is 73.3 Å². The molecule has 2 aromatic carbocycles. The number of anilines is 3. The molecule has 0 radical (unpaired) electrons. The molecule has 0 fully saturated rings. The van der Waals surface area contributed by atoms with Gasteiger partial charge >= 0.3 is 6.18 Å². The van der Waals surface area contributed by atoms with E-state index in [9.17, 15) is 13.2 Å². The van der Waals surface area contributed by atoms with E-state index in [1.165, 1.54) is 6.07 Å². The first-order valence-corrected chi connectivity index (χ1v) is 9.57. The average molecular weight is 423 g/mol. The van der Waals surface area contributed by atoms with Gasteiger partial charge in [0.25, 0.3) is 0 Å². The Morgan fingerprint density at radius 3 is 2.55 bits per heavy atom. The molecule has 4 aromatic rings. The highest BCUT2D eigenvalue weighted by Crippen LogP contribution is 2.32. The number of rotatable bonds is 5. The van der Waals surface area contributed by atoms with Crippen LogP contribution in [-0.4, -0.2) is 21.8 Å². The van der Waals surface area contributed by atoms with Gasteiger partial charge in [-0.15, -0.1) is 0 Å². The van der Waals surface area contributed by atoms with Crippen LogP contribution < -0.4 is 10.6 Å². The van der Waals surface area contributed by atoms with Crippen LogP contribution in [0, 0.1) is 6.92 Å². The topological polar surface area (TPSA) is 54.8 Å². The van der Waals surface area contributed by atoms with E-state index in [4.69, 9.17) is 0 Å². The smallest absolute Gasteiger partial charge is 0.388 e. The predicted molar refractivity (Wildman–Crippen MR) is 116 cm³/mol. The van der Waals surface area contributed by atoms with Gasteiger partial charge in [0.15, 0.2) is 0 Å². The molecule has 0 saturated carbocycles. The van der Waals surface area contributed by atoms with Crippen molar-refractivity contribution in [3.8, 4) is 16.8 Å². The number of aromatic nitrogens is 3. The molecule has 2 N–H and O–H groups in total. The Hall–Kier alpha value is -3.81. The molecule has 0 aliphatic rings. The number of aryl methyl sites for hydroxylation is 1. The fraction of sp³-hybridized carbons (Fsp3) is 0.130. The zero-order valence-electron chi connectivity index (χ0n) is 16.9. The summed E-state index contributed by atoms with van der Waals surface area (Å²) in [6, 6.07) is 12.6. The molecule has 31 heavy (non-hydrogen) atoms. The summed E-state index contributed by atoms with van der Waals surface area (Å²) in [4.78, 5) is 4.19. The summed E-state index contributed by atoms with van der Waals surface area (Å²) in [7, 11) is 1.84. The summed E-state index contributed by atoms with van der Waals surface area (Å²) in [6.07, 6.45) is 2.75. The summed E-state index contributed by atoms with van der Waals surface area (Å²) in [5.74, 6) is 0.